The van der Waals surface area contributed by atoms with Gasteiger partial charge in [-0.05, 0) is 42.8 Å². The molecule has 1 aliphatic rings. The molecule has 0 bridgehead atoms. The van der Waals surface area contributed by atoms with Crippen LogP contribution >= 0.6 is 0 Å². The van der Waals surface area contributed by atoms with Gasteiger partial charge in [-0.15, -0.1) is 0 Å². The highest BCUT2D eigenvalue weighted by Gasteiger charge is 2.17. The van der Waals surface area contributed by atoms with Gasteiger partial charge in [0.25, 0.3) is 11.6 Å². The smallest absolute Gasteiger partial charge is 0.269 e. The van der Waals surface area contributed by atoms with Crippen molar-refractivity contribution in [2.75, 3.05) is 48.3 Å². The molecule has 196 valence electrons. The van der Waals surface area contributed by atoms with Crippen molar-refractivity contribution in [2.45, 2.75) is 19.4 Å². The molecule has 11 nitrogen and oxygen atoms in total. The molecule has 38 heavy (non-hydrogen) atoms. The number of pyridine rings is 1. The number of benzene rings is 2. The summed E-state index contributed by atoms with van der Waals surface area (Å²) in [4.78, 5) is 31.6. The molecule has 1 saturated heterocycles. The van der Waals surface area contributed by atoms with Crippen molar-refractivity contribution in [1.82, 2.24) is 9.88 Å². The zero-order valence-electron chi connectivity index (χ0n) is 21.0. The summed E-state index contributed by atoms with van der Waals surface area (Å²) in [6.45, 7) is 5.07. The topological polar surface area (TPSA) is 153 Å². The number of nitriles is 1. The highest BCUT2D eigenvalue weighted by Crippen LogP contribution is 2.25. The lowest BCUT2D eigenvalue weighted by molar-refractivity contribution is -0.384. The lowest BCUT2D eigenvalue weighted by Gasteiger charge is -2.36. The molecule has 0 atom stereocenters. The molecule has 1 amide bonds. The van der Waals surface area contributed by atoms with E-state index in [2.05, 4.69) is 43.6 Å². The lowest BCUT2D eigenvalue weighted by Crippen LogP contribution is -2.46. The molecular weight excluding hydrogens is 484 g/mol. The van der Waals surface area contributed by atoms with Gasteiger partial charge in [-0.3, -0.25) is 19.8 Å². The summed E-state index contributed by atoms with van der Waals surface area (Å²) >= 11 is 0. The van der Waals surface area contributed by atoms with Gasteiger partial charge in [-0.2, -0.15) is 5.26 Å². The Kier molecular flexibility index (Phi) is 8.69. The first-order valence-electron chi connectivity index (χ1n) is 12.4. The average Bonchev–Trinajstić information content (AvgIpc) is 2.93. The highest BCUT2D eigenvalue weighted by molar-refractivity contribution is 5.98. The van der Waals surface area contributed by atoms with Crippen LogP contribution in [0.3, 0.4) is 0 Å². The van der Waals surface area contributed by atoms with Crippen LogP contribution in [0.4, 0.5) is 28.6 Å². The van der Waals surface area contributed by atoms with E-state index in [0.29, 0.717) is 23.5 Å². The summed E-state index contributed by atoms with van der Waals surface area (Å²) in [5, 5.41) is 26.2. The Hall–Kier alpha value is -4.69. The third kappa shape index (κ3) is 6.96. The molecule has 1 aromatic heterocycles. The number of nitrogens with one attached hydrogen (secondary N) is 2. The number of hydrogen-bond acceptors (Lipinski definition) is 9. The number of rotatable bonds is 11. The van der Waals surface area contributed by atoms with Crippen LogP contribution < -0.4 is 21.3 Å². The van der Waals surface area contributed by atoms with Gasteiger partial charge in [0.15, 0.2) is 0 Å². The molecule has 4 N–H and O–H groups in total. The van der Waals surface area contributed by atoms with Crippen LogP contribution in [0.5, 0.6) is 0 Å². The van der Waals surface area contributed by atoms with E-state index in [-0.39, 0.29) is 17.8 Å². The molecule has 1 aliphatic heterocycles. The van der Waals surface area contributed by atoms with Crippen LogP contribution in [0.15, 0.2) is 60.8 Å². The third-order valence-electron chi connectivity index (χ3n) is 6.41. The first-order valence-corrected chi connectivity index (χ1v) is 12.4. The number of hydrogen-bond donors (Lipinski definition) is 3. The predicted molar refractivity (Wildman–Crippen MR) is 146 cm³/mol. The molecule has 3 aromatic rings. The van der Waals surface area contributed by atoms with E-state index in [1.165, 1.54) is 18.3 Å². The number of nitro benzene ring substituents is 1. The van der Waals surface area contributed by atoms with Crippen molar-refractivity contribution in [3.63, 3.8) is 0 Å². The second-order valence-corrected chi connectivity index (χ2v) is 9.02. The summed E-state index contributed by atoms with van der Waals surface area (Å²) in [6, 6.07) is 18.3. The van der Waals surface area contributed by atoms with Gasteiger partial charge in [-0.1, -0.05) is 12.1 Å². The maximum Gasteiger partial charge on any atom is 0.269 e. The summed E-state index contributed by atoms with van der Waals surface area (Å²) in [7, 11) is 0. The Morgan fingerprint density at radius 2 is 1.89 bits per heavy atom. The maximum atomic E-state index is 11.9. The van der Waals surface area contributed by atoms with Crippen LogP contribution in [0.1, 0.15) is 28.8 Å². The normalized spacial score (nSPS) is 13.5. The molecule has 11 heteroatoms. The summed E-state index contributed by atoms with van der Waals surface area (Å²) in [5.41, 5.74) is 8.90. The Bertz CT molecular complexity index is 1310. The van der Waals surface area contributed by atoms with Gasteiger partial charge in [0.2, 0.25) is 0 Å². The van der Waals surface area contributed by atoms with Crippen molar-refractivity contribution in [3.05, 3.63) is 82.0 Å². The average molecular weight is 515 g/mol. The van der Waals surface area contributed by atoms with Crippen LogP contribution in [-0.2, 0) is 6.54 Å². The number of piperazine rings is 1. The van der Waals surface area contributed by atoms with E-state index < -0.39 is 10.8 Å². The molecule has 1 fully saturated rings. The lowest BCUT2D eigenvalue weighted by atomic mass is 10.1. The minimum absolute atomic E-state index is 0.00238. The summed E-state index contributed by atoms with van der Waals surface area (Å²) < 4.78 is 0. The molecule has 0 unspecified atom stereocenters. The second kappa shape index (κ2) is 12.5. The summed E-state index contributed by atoms with van der Waals surface area (Å²) in [5.74, 6) is -0.101. The highest BCUT2D eigenvalue weighted by atomic mass is 16.6. The first-order chi connectivity index (χ1) is 18.4. The van der Waals surface area contributed by atoms with E-state index in [9.17, 15) is 14.9 Å². The Morgan fingerprint density at radius 3 is 2.58 bits per heavy atom. The summed E-state index contributed by atoms with van der Waals surface area (Å²) in [6.07, 6.45) is 2.92. The van der Waals surface area contributed by atoms with E-state index >= 15 is 0 Å². The number of primary amides is 1. The van der Waals surface area contributed by atoms with Gasteiger partial charge in [0.05, 0.1) is 22.2 Å². The Labute approximate surface area is 221 Å². The zero-order chi connectivity index (χ0) is 26.9. The van der Waals surface area contributed by atoms with Crippen molar-refractivity contribution < 1.29 is 9.72 Å². The largest absolute Gasteiger partial charge is 0.380 e. The van der Waals surface area contributed by atoms with Crippen LogP contribution in [0, 0.1) is 21.4 Å². The standard InChI is InChI=1S/C27H30N8O3/c28-10-1-2-11-33-12-14-34(15-13-33)22-8-6-21(7-9-22)32-26-17-25(24(19-31-26)27(29)36)30-18-20-4-3-5-23(16-20)35(37)38/h3-9,16-17,19H,1-2,11-15,18H2,(H2,29,36)(H2,30,31,32). The fourth-order valence-corrected chi connectivity index (χ4v) is 4.36. The number of nitrogens with zero attached hydrogens (tertiary/aromatic N) is 5. The van der Waals surface area contributed by atoms with E-state index in [4.69, 9.17) is 11.0 Å². The Balaban J connectivity index is 1.38. The molecule has 0 radical (unpaired) electrons. The molecular formula is C27H30N8O3. The number of aromatic nitrogens is 1. The molecule has 4 rings (SSSR count). The van der Waals surface area contributed by atoms with E-state index in [1.807, 2.05) is 12.1 Å². The molecule has 0 aliphatic carbocycles. The number of anilines is 4. The van der Waals surface area contributed by atoms with Crippen molar-refractivity contribution in [3.8, 4) is 6.07 Å². The monoisotopic (exact) mass is 514 g/mol. The van der Waals surface area contributed by atoms with Gasteiger partial charge < -0.3 is 21.3 Å². The van der Waals surface area contributed by atoms with Gasteiger partial charge in [0, 0.05) is 74.9 Å². The van der Waals surface area contributed by atoms with Gasteiger partial charge in [0.1, 0.15) is 5.82 Å². The molecule has 2 heterocycles. The fourth-order valence-electron chi connectivity index (χ4n) is 4.36. The number of carbonyl (C=O) groups is 1. The fraction of sp³-hybridized carbons (Fsp3) is 0.296. The maximum absolute atomic E-state index is 11.9. The number of nitrogens with two attached hydrogens (primary N) is 1. The minimum Gasteiger partial charge on any atom is -0.380 e. The Morgan fingerprint density at radius 1 is 1.13 bits per heavy atom. The number of non-ortho nitro benzene ring substituents is 1. The van der Waals surface area contributed by atoms with Crippen LogP contribution in [0.2, 0.25) is 0 Å². The quantitative estimate of drug-likeness (QED) is 0.196. The first kappa shape index (κ1) is 26.4. The number of unbranched alkanes of at least 4 members (excludes halogenated alkanes) is 1. The third-order valence-corrected chi connectivity index (χ3v) is 6.41. The van der Waals surface area contributed by atoms with Crippen molar-refractivity contribution in [2.24, 2.45) is 5.73 Å². The van der Waals surface area contributed by atoms with Gasteiger partial charge >= 0.3 is 0 Å². The predicted octanol–water partition coefficient (Wildman–Crippen LogP) is 3.87. The van der Waals surface area contributed by atoms with E-state index in [0.717, 1.165) is 50.5 Å². The minimum atomic E-state index is -0.625. The molecule has 0 spiro atoms. The van der Waals surface area contributed by atoms with E-state index in [1.54, 1.807) is 18.2 Å². The SMILES string of the molecule is N#CCCCN1CCN(c2ccc(Nc3cc(NCc4cccc([N+](=O)[O-])c4)c(C(N)=O)cn3)cc2)CC1. The number of carbonyl (C=O) groups excluding carboxylic acids is 1. The van der Waals surface area contributed by atoms with Crippen molar-refractivity contribution in [1.29, 1.82) is 5.26 Å². The number of amides is 1. The van der Waals surface area contributed by atoms with Crippen LogP contribution in [-0.4, -0.2) is 53.4 Å². The number of nitro groups is 1. The van der Waals surface area contributed by atoms with Gasteiger partial charge in [-0.25, -0.2) is 4.98 Å². The molecule has 2 aromatic carbocycles. The molecule has 0 saturated carbocycles. The van der Waals surface area contributed by atoms with Crippen molar-refractivity contribution >= 4 is 34.5 Å². The zero-order valence-corrected chi connectivity index (χ0v) is 21.0. The van der Waals surface area contributed by atoms with Crippen LogP contribution in [0.25, 0.3) is 0 Å². The second-order valence-electron chi connectivity index (χ2n) is 9.02.